The molecule has 0 fully saturated rings. The summed E-state index contributed by atoms with van der Waals surface area (Å²) < 4.78 is 16.9. The summed E-state index contributed by atoms with van der Waals surface area (Å²) in [5.74, 6) is -0.928. The molecule has 0 amide bonds. The summed E-state index contributed by atoms with van der Waals surface area (Å²) in [5, 5.41) is 0. The maximum Gasteiger partial charge on any atom is 0.306 e. The van der Waals surface area contributed by atoms with Gasteiger partial charge in [-0.25, -0.2) is 0 Å². The van der Waals surface area contributed by atoms with E-state index in [1.165, 1.54) is 89.9 Å². The van der Waals surface area contributed by atoms with Crippen LogP contribution in [0.2, 0.25) is 0 Å². The summed E-state index contributed by atoms with van der Waals surface area (Å²) in [4.78, 5) is 38.4. The van der Waals surface area contributed by atoms with Crippen LogP contribution in [0.15, 0.2) is 158 Å². The van der Waals surface area contributed by atoms with E-state index in [2.05, 4.69) is 179 Å². The molecule has 1 atom stereocenters. The van der Waals surface area contributed by atoms with Crippen LogP contribution in [0, 0.1) is 0 Å². The quantitative estimate of drug-likeness (QED) is 0.0261. The van der Waals surface area contributed by atoms with E-state index in [0.717, 1.165) is 161 Å². The Morgan fingerprint density at radius 2 is 0.470 bits per heavy atom. The minimum atomic E-state index is -0.804. The monoisotopic (exact) mass is 1140 g/mol. The van der Waals surface area contributed by atoms with E-state index >= 15 is 0 Å². The number of unbranched alkanes of at least 4 members (excludes halogenated alkanes) is 23. The largest absolute Gasteiger partial charge is 0.462 e. The lowest BCUT2D eigenvalue weighted by molar-refractivity contribution is -0.167. The molecule has 0 N–H and O–H groups in total. The van der Waals surface area contributed by atoms with Crippen molar-refractivity contribution in [1.82, 2.24) is 0 Å². The van der Waals surface area contributed by atoms with Gasteiger partial charge in [0, 0.05) is 19.3 Å². The molecule has 0 aromatic carbocycles. The van der Waals surface area contributed by atoms with Gasteiger partial charge in [0.15, 0.2) is 6.10 Å². The first-order valence-electron chi connectivity index (χ1n) is 34.0. The summed E-state index contributed by atoms with van der Waals surface area (Å²) >= 11 is 0. The fourth-order valence-electron chi connectivity index (χ4n) is 8.97. The van der Waals surface area contributed by atoms with Crippen LogP contribution in [0.3, 0.4) is 0 Å². The molecule has 0 aliphatic heterocycles. The molecule has 83 heavy (non-hydrogen) atoms. The smallest absolute Gasteiger partial charge is 0.306 e. The highest BCUT2D eigenvalue weighted by Gasteiger charge is 2.19. The third-order valence-electron chi connectivity index (χ3n) is 14.0. The van der Waals surface area contributed by atoms with Gasteiger partial charge in [-0.15, -0.1) is 0 Å². The van der Waals surface area contributed by atoms with Crippen molar-refractivity contribution in [3.63, 3.8) is 0 Å². The van der Waals surface area contributed by atoms with Crippen molar-refractivity contribution in [3.8, 4) is 0 Å². The topological polar surface area (TPSA) is 78.9 Å². The van der Waals surface area contributed by atoms with Crippen molar-refractivity contribution in [2.75, 3.05) is 13.2 Å². The highest BCUT2D eigenvalue weighted by Crippen LogP contribution is 2.15. The molecule has 0 radical (unpaired) electrons. The first-order valence-corrected chi connectivity index (χ1v) is 34.0. The molecule has 0 bridgehead atoms. The van der Waals surface area contributed by atoms with Gasteiger partial charge in [0.2, 0.25) is 0 Å². The van der Waals surface area contributed by atoms with Crippen molar-refractivity contribution >= 4 is 17.9 Å². The fourth-order valence-corrected chi connectivity index (χ4v) is 8.97. The van der Waals surface area contributed by atoms with Crippen LogP contribution in [-0.4, -0.2) is 37.2 Å². The number of hydrogen-bond donors (Lipinski definition) is 0. The third kappa shape index (κ3) is 67.7. The Hall–Kier alpha value is -4.97. The Bertz CT molecular complexity index is 1840. The predicted octanol–water partition coefficient (Wildman–Crippen LogP) is 23.7. The Morgan fingerprint density at radius 1 is 0.253 bits per heavy atom. The Balaban J connectivity index is 4.43. The minimum Gasteiger partial charge on any atom is -0.462 e. The van der Waals surface area contributed by atoms with Crippen LogP contribution in [0.1, 0.15) is 290 Å². The Morgan fingerprint density at radius 3 is 0.735 bits per heavy atom. The molecule has 468 valence electrons. The Labute approximate surface area is 511 Å². The van der Waals surface area contributed by atoms with Gasteiger partial charge in [0.05, 0.1) is 0 Å². The maximum absolute atomic E-state index is 12.9. The van der Waals surface area contributed by atoms with Crippen LogP contribution in [0.4, 0.5) is 0 Å². The number of carbonyl (C=O) groups excluding carboxylic acids is 3. The van der Waals surface area contributed by atoms with Gasteiger partial charge in [-0.3, -0.25) is 14.4 Å². The van der Waals surface area contributed by atoms with Crippen LogP contribution in [0.25, 0.3) is 0 Å². The molecule has 0 rings (SSSR count). The summed E-state index contributed by atoms with van der Waals surface area (Å²) in [6, 6.07) is 0. The zero-order chi connectivity index (χ0) is 59.9. The second-order valence-electron chi connectivity index (χ2n) is 22.0. The lowest BCUT2D eigenvalue weighted by Gasteiger charge is -2.18. The van der Waals surface area contributed by atoms with Crippen molar-refractivity contribution in [1.29, 1.82) is 0 Å². The molecule has 0 aliphatic rings. The molecule has 0 heterocycles. The maximum atomic E-state index is 12.9. The second kappa shape index (κ2) is 69.5. The third-order valence-corrected chi connectivity index (χ3v) is 14.0. The van der Waals surface area contributed by atoms with Gasteiger partial charge in [0.1, 0.15) is 13.2 Å². The van der Waals surface area contributed by atoms with Gasteiger partial charge < -0.3 is 14.2 Å². The molecule has 0 aliphatic carbocycles. The predicted molar refractivity (Wildman–Crippen MR) is 362 cm³/mol. The van der Waals surface area contributed by atoms with Gasteiger partial charge >= 0.3 is 17.9 Å². The van der Waals surface area contributed by atoms with Gasteiger partial charge in [-0.2, -0.15) is 0 Å². The minimum absolute atomic E-state index is 0.0971. The highest BCUT2D eigenvalue weighted by atomic mass is 16.6. The van der Waals surface area contributed by atoms with E-state index < -0.39 is 6.10 Å². The molecular formula is C77H124O6. The van der Waals surface area contributed by atoms with E-state index in [4.69, 9.17) is 14.2 Å². The zero-order valence-electron chi connectivity index (χ0n) is 53.7. The van der Waals surface area contributed by atoms with Gasteiger partial charge in [0.25, 0.3) is 0 Å². The average Bonchev–Trinajstić information content (AvgIpc) is 3.49. The average molecular weight is 1150 g/mol. The number of esters is 3. The van der Waals surface area contributed by atoms with Crippen LogP contribution >= 0.6 is 0 Å². The van der Waals surface area contributed by atoms with Crippen molar-refractivity contribution in [2.24, 2.45) is 0 Å². The SMILES string of the molecule is CC/C=C\C/C=C\C/C=C\C/C=C\C/C=C\C/C=C\C/C=C\CCCCCCCCCC(=O)OCC(COC(=O)CCCCCCCCC/C=C\C/C=C\CCCCC)OC(=O)CCCCCCCC/C=C\C/C=C\C/C=C\C/C=C\CC. The molecule has 6 nitrogen and oxygen atoms in total. The first kappa shape index (κ1) is 78.0. The van der Waals surface area contributed by atoms with Crippen molar-refractivity contribution in [2.45, 2.75) is 297 Å². The van der Waals surface area contributed by atoms with E-state index in [1.54, 1.807) is 0 Å². The summed E-state index contributed by atoms with van der Waals surface area (Å²) in [7, 11) is 0. The number of allylic oxidation sites excluding steroid dienone is 26. The van der Waals surface area contributed by atoms with E-state index in [9.17, 15) is 14.4 Å². The lowest BCUT2D eigenvalue weighted by atomic mass is 10.1. The summed E-state index contributed by atoms with van der Waals surface area (Å²) in [5.41, 5.74) is 0. The van der Waals surface area contributed by atoms with Crippen molar-refractivity contribution < 1.29 is 28.6 Å². The molecular weight excluding hydrogens is 1020 g/mol. The zero-order valence-corrected chi connectivity index (χ0v) is 53.7. The number of hydrogen-bond acceptors (Lipinski definition) is 6. The molecule has 6 heteroatoms. The summed E-state index contributed by atoms with van der Waals surface area (Å²) in [6.07, 6.45) is 101. The van der Waals surface area contributed by atoms with Gasteiger partial charge in [-0.05, 0) is 148 Å². The fraction of sp³-hybridized carbons (Fsp3) is 0.623. The summed E-state index contributed by atoms with van der Waals surface area (Å²) in [6.45, 7) is 6.37. The molecule has 0 spiro atoms. The second-order valence-corrected chi connectivity index (χ2v) is 22.0. The standard InChI is InChI=1S/C77H124O6/c1-4-7-10-13-16-19-22-25-28-31-33-34-35-36-37-38-39-40-41-42-44-46-49-52-55-58-61-64-67-70-76(79)82-73-74(72-81-75(78)69-66-63-60-57-54-51-48-45-30-27-24-21-18-15-12-9-6-3)83-77(80)71-68-65-62-59-56-53-50-47-43-32-29-26-23-20-17-14-11-8-5-2/h7-8,10-11,16-21,25-30,33-34,36-37,39-40,42-44,47,74H,4-6,9,12-15,22-24,31-32,35,38,41,45-46,48-73H2,1-3H3/b10-7-,11-8-,19-16-,20-17-,21-18-,28-25-,29-26-,30-27-,34-33-,37-36-,40-39-,44-42-,47-43-. The molecule has 0 aromatic heterocycles. The number of rotatable bonds is 60. The van der Waals surface area contributed by atoms with E-state index in [-0.39, 0.29) is 31.1 Å². The molecule has 0 saturated carbocycles. The Kier molecular flexibility index (Phi) is 65.4. The number of carbonyl (C=O) groups is 3. The molecule has 0 saturated heterocycles. The van der Waals surface area contributed by atoms with E-state index in [0.29, 0.717) is 19.3 Å². The van der Waals surface area contributed by atoms with Crippen molar-refractivity contribution in [3.05, 3.63) is 158 Å². The normalized spacial score (nSPS) is 13.1. The van der Waals surface area contributed by atoms with E-state index in [1.807, 2.05) is 0 Å². The van der Waals surface area contributed by atoms with Crippen LogP contribution in [-0.2, 0) is 28.6 Å². The van der Waals surface area contributed by atoms with Crippen LogP contribution < -0.4 is 0 Å². The molecule has 1 unspecified atom stereocenters. The lowest BCUT2D eigenvalue weighted by Crippen LogP contribution is -2.30. The van der Waals surface area contributed by atoms with Gasteiger partial charge in [-0.1, -0.05) is 281 Å². The first-order chi connectivity index (χ1) is 41.0. The highest BCUT2D eigenvalue weighted by molar-refractivity contribution is 5.71. The molecule has 0 aromatic rings. The van der Waals surface area contributed by atoms with Crippen LogP contribution in [0.5, 0.6) is 0 Å². The number of ether oxygens (including phenoxy) is 3.